The minimum Gasteiger partial charge on any atom is -0.463 e. The third-order valence-corrected chi connectivity index (χ3v) is 5.42. The van der Waals surface area contributed by atoms with Crippen molar-refractivity contribution in [3.05, 3.63) is 46.4 Å². The van der Waals surface area contributed by atoms with E-state index in [1.165, 1.54) is 12.1 Å². The highest BCUT2D eigenvalue weighted by molar-refractivity contribution is 5.68. The Morgan fingerprint density at radius 1 is 0.878 bits per heavy atom. The molecule has 3 rings (SSSR count). The number of carbonyl (C=O) groups is 4. The van der Waals surface area contributed by atoms with E-state index in [2.05, 4.69) is 10.2 Å². The van der Waals surface area contributed by atoms with Crippen molar-refractivity contribution in [2.45, 2.75) is 64.5 Å². The zero-order chi connectivity index (χ0) is 30.5. The van der Waals surface area contributed by atoms with Gasteiger partial charge in [0.1, 0.15) is 12.7 Å². The van der Waals surface area contributed by atoms with Gasteiger partial charge >= 0.3 is 30.1 Å². The average molecular weight is 586 g/mol. The van der Waals surface area contributed by atoms with Crippen LogP contribution in [0.5, 0.6) is 0 Å². The number of ether oxygens (including phenoxy) is 5. The van der Waals surface area contributed by atoms with Gasteiger partial charge in [-0.15, -0.1) is 5.11 Å². The summed E-state index contributed by atoms with van der Waals surface area (Å²) in [5.74, 6) is -3.70. The first kappa shape index (κ1) is 31.0. The molecule has 17 heteroatoms. The number of hydrogen-bond acceptors (Lipinski definition) is 12. The van der Waals surface area contributed by atoms with E-state index in [9.17, 15) is 37.1 Å². The van der Waals surface area contributed by atoms with Gasteiger partial charge in [-0.3, -0.25) is 29.1 Å². The number of hydrogen-bond donors (Lipinski definition) is 1. The number of benzene rings is 1. The number of H-pyrrole nitrogens is 1. The largest absolute Gasteiger partial charge is 0.463 e. The number of alkyl halides is 3. The van der Waals surface area contributed by atoms with Crippen LogP contribution in [0.1, 0.15) is 39.6 Å². The van der Waals surface area contributed by atoms with Crippen molar-refractivity contribution in [3.63, 3.8) is 0 Å². The number of halogens is 3. The van der Waals surface area contributed by atoms with Gasteiger partial charge in [0.15, 0.2) is 35.9 Å². The number of aromatic nitrogens is 2. The minimum absolute atomic E-state index is 0.139. The number of esters is 4. The average Bonchev–Trinajstić information content (AvgIpc) is 3.20. The van der Waals surface area contributed by atoms with E-state index in [0.717, 1.165) is 27.7 Å². The number of rotatable bonds is 8. The molecule has 0 saturated carbocycles. The third kappa shape index (κ3) is 7.77. The van der Waals surface area contributed by atoms with E-state index >= 15 is 0 Å². The predicted octanol–water partition coefficient (Wildman–Crippen LogP) is 2.87. The van der Waals surface area contributed by atoms with Crippen LogP contribution >= 0.6 is 0 Å². The van der Waals surface area contributed by atoms with Crippen molar-refractivity contribution in [1.29, 1.82) is 0 Å². The van der Waals surface area contributed by atoms with E-state index in [0.29, 0.717) is 4.68 Å². The number of aromatic amines is 1. The summed E-state index contributed by atoms with van der Waals surface area (Å²) in [6, 6.07) is 7.59. The number of nitrogens with zero attached hydrogens (tertiary/aromatic N) is 3. The normalized spacial score (nSPS) is 22.7. The molecule has 0 unspecified atom stereocenters. The van der Waals surface area contributed by atoms with Gasteiger partial charge in [-0.1, -0.05) is 18.2 Å². The molecule has 2 heterocycles. The van der Waals surface area contributed by atoms with Crippen LogP contribution in [0, 0.1) is 0 Å². The Kier molecular flexibility index (Phi) is 9.64. The zero-order valence-electron chi connectivity index (χ0n) is 22.0. The van der Waals surface area contributed by atoms with Gasteiger partial charge in [-0.2, -0.15) is 18.3 Å². The Bertz CT molecular complexity index is 1370. The molecule has 0 amide bonds. The Labute approximate surface area is 229 Å². The molecule has 1 saturated heterocycles. The SMILES string of the molecule is CC(=O)OC[C@H]1O[C@@H](n2[nH]c(C(F)(F)F)c(N=Nc3ccccc3)c2=O)[C@H](OC(C)=O)[C@@H](OC(C)=O)[C@@H]1OC(C)=O. The van der Waals surface area contributed by atoms with Crippen LogP contribution < -0.4 is 5.56 Å². The molecule has 1 aliphatic rings. The molecule has 0 aliphatic carbocycles. The van der Waals surface area contributed by atoms with Crippen LogP contribution in [-0.2, 0) is 49.0 Å². The first-order valence-corrected chi connectivity index (χ1v) is 11.9. The summed E-state index contributed by atoms with van der Waals surface area (Å²) >= 11 is 0. The van der Waals surface area contributed by atoms with Crippen molar-refractivity contribution in [3.8, 4) is 0 Å². The van der Waals surface area contributed by atoms with Gasteiger partial charge in [0.25, 0.3) is 5.56 Å². The van der Waals surface area contributed by atoms with E-state index in [1.54, 1.807) is 18.2 Å². The lowest BCUT2D eigenvalue weighted by Gasteiger charge is -2.44. The molecule has 5 atom stereocenters. The van der Waals surface area contributed by atoms with E-state index in [-0.39, 0.29) is 5.69 Å². The van der Waals surface area contributed by atoms with Gasteiger partial charge in [0, 0.05) is 27.7 Å². The molecule has 14 nitrogen and oxygen atoms in total. The van der Waals surface area contributed by atoms with Gasteiger partial charge in [0.2, 0.25) is 0 Å². The topological polar surface area (TPSA) is 177 Å². The van der Waals surface area contributed by atoms with Crippen molar-refractivity contribution in [1.82, 2.24) is 9.78 Å². The lowest BCUT2D eigenvalue weighted by Crippen LogP contribution is -2.61. The standard InChI is InChI=1S/C24H25F3N4O10/c1-11(32)37-10-16-18(38-12(2)33)19(39-13(3)34)20(40-14(4)35)23(41-16)31-22(36)17(21(30-31)24(25,26)27)29-28-15-8-6-5-7-9-15/h5-9,16,18-20,23,30H,10H2,1-4H3/t16-,18-,19+,20-,23-/m1/s1. The second-order valence-electron chi connectivity index (χ2n) is 8.63. The molecular formula is C24H25F3N4O10. The maximum Gasteiger partial charge on any atom is 0.435 e. The van der Waals surface area contributed by atoms with E-state index in [4.69, 9.17) is 23.7 Å². The van der Waals surface area contributed by atoms with Crippen molar-refractivity contribution in [2.75, 3.05) is 6.61 Å². The van der Waals surface area contributed by atoms with Gasteiger partial charge < -0.3 is 23.7 Å². The van der Waals surface area contributed by atoms with Crippen molar-refractivity contribution >= 4 is 35.3 Å². The molecule has 0 radical (unpaired) electrons. The van der Waals surface area contributed by atoms with Crippen LogP contribution in [-0.4, -0.2) is 64.7 Å². The Balaban J connectivity index is 2.20. The fraction of sp³-hybridized carbons (Fsp3) is 0.458. The van der Waals surface area contributed by atoms with Gasteiger partial charge in [0.05, 0.1) is 5.69 Å². The molecule has 1 N–H and O–H groups in total. The monoisotopic (exact) mass is 586 g/mol. The third-order valence-electron chi connectivity index (χ3n) is 5.42. The van der Waals surface area contributed by atoms with Crippen LogP contribution in [0.3, 0.4) is 0 Å². The second-order valence-corrected chi connectivity index (χ2v) is 8.63. The maximum absolute atomic E-state index is 14.0. The Morgan fingerprint density at radius 2 is 1.44 bits per heavy atom. The minimum atomic E-state index is -5.15. The molecule has 2 aromatic rings. The molecular weight excluding hydrogens is 561 g/mol. The lowest BCUT2D eigenvalue weighted by molar-refractivity contribution is -0.271. The number of nitrogens with one attached hydrogen (secondary N) is 1. The highest BCUT2D eigenvalue weighted by atomic mass is 19.4. The first-order valence-electron chi connectivity index (χ1n) is 11.9. The molecule has 1 fully saturated rings. The Morgan fingerprint density at radius 3 is 1.98 bits per heavy atom. The summed E-state index contributed by atoms with van der Waals surface area (Å²) < 4.78 is 68.6. The molecule has 1 aromatic carbocycles. The van der Waals surface area contributed by atoms with E-state index < -0.39 is 84.2 Å². The van der Waals surface area contributed by atoms with E-state index in [1.807, 2.05) is 5.10 Å². The van der Waals surface area contributed by atoms with Gasteiger partial charge in [-0.25, -0.2) is 4.68 Å². The van der Waals surface area contributed by atoms with Crippen LogP contribution in [0.15, 0.2) is 45.4 Å². The second kappa shape index (κ2) is 12.8. The first-order chi connectivity index (χ1) is 19.2. The predicted molar refractivity (Wildman–Crippen MR) is 128 cm³/mol. The van der Waals surface area contributed by atoms with Crippen LogP contribution in [0.25, 0.3) is 0 Å². The maximum atomic E-state index is 14.0. The highest BCUT2D eigenvalue weighted by Crippen LogP contribution is 2.38. The molecule has 41 heavy (non-hydrogen) atoms. The number of azo groups is 1. The quantitative estimate of drug-likeness (QED) is 0.275. The van der Waals surface area contributed by atoms with Gasteiger partial charge in [-0.05, 0) is 12.1 Å². The summed E-state index contributed by atoms with van der Waals surface area (Å²) in [4.78, 5) is 60.7. The van der Waals surface area contributed by atoms with Crippen LogP contribution in [0.4, 0.5) is 24.5 Å². The summed E-state index contributed by atoms with van der Waals surface area (Å²) in [6.07, 6.45) is -13.8. The number of carbonyl (C=O) groups excluding carboxylic acids is 4. The van der Waals surface area contributed by atoms with Crippen molar-refractivity contribution < 1.29 is 56.0 Å². The van der Waals surface area contributed by atoms with Crippen LogP contribution in [0.2, 0.25) is 0 Å². The zero-order valence-corrected chi connectivity index (χ0v) is 22.0. The van der Waals surface area contributed by atoms with Crippen molar-refractivity contribution in [2.24, 2.45) is 10.2 Å². The Hall–Kier alpha value is -4.54. The summed E-state index contributed by atoms with van der Waals surface area (Å²) in [6.45, 7) is 3.28. The molecule has 222 valence electrons. The molecule has 1 aromatic heterocycles. The summed E-state index contributed by atoms with van der Waals surface area (Å²) in [5, 5.41) is 9.05. The summed E-state index contributed by atoms with van der Waals surface area (Å²) in [5.41, 5.74) is -4.04. The fourth-order valence-electron chi connectivity index (χ4n) is 3.93. The summed E-state index contributed by atoms with van der Waals surface area (Å²) in [7, 11) is 0. The highest BCUT2D eigenvalue weighted by Gasteiger charge is 2.54. The smallest absolute Gasteiger partial charge is 0.435 e. The lowest BCUT2D eigenvalue weighted by atomic mass is 9.97. The molecule has 1 aliphatic heterocycles. The molecule has 0 spiro atoms. The molecule has 0 bridgehead atoms. The fourth-order valence-corrected chi connectivity index (χ4v) is 3.93.